The molecule has 0 aliphatic carbocycles. The predicted octanol–water partition coefficient (Wildman–Crippen LogP) is 8.61. The molecule has 4 aliphatic rings. The first kappa shape index (κ1) is 34.1. The maximum Gasteiger partial charge on any atom is 0.119 e. The zero-order valence-corrected chi connectivity index (χ0v) is 30.0. The number of hydrogen-bond acceptors (Lipinski definition) is 6. The highest BCUT2D eigenvalue weighted by Gasteiger charge is 2.42. The summed E-state index contributed by atoms with van der Waals surface area (Å²) in [5, 5.41) is 0. The Bertz CT molecular complexity index is 1450. The molecule has 8 heteroatoms. The first-order valence-corrected chi connectivity index (χ1v) is 19.6. The first-order valence-electron chi connectivity index (χ1n) is 17.9. The van der Waals surface area contributed by atoms with Gasteiger partial charge in [0.1, 0.15) is 18.9 Å². The monoisotopic (exact) mass is 661 g/mol. The molecule has 3 aromatic rings. The fourth-order valence-electron chi connectivity index (χ4n) is 7.99. The van der Waals surface area contributed by atoms with Gasteiger partial charge in [0.25, 0.3) is 0 Å². The summed E-state index contributed by atoms with van der Waals surface area (Å²) in [4.78, 5) is 7.70. The van der Waals surface area contributed by atoms with Crippen LogP contribution in [0.15, 0.2) is 71.6 Å². The molecule has 2 bridgehead atoms. The third kappa shape index (κ3) is 7.78. The minimum absolute atomic E-state index is 0.184. The maximum absolute atomic E-state index is 11.8. The molecule has 3 fully saturated rings. The van der Waals surface area contributed by atoms with E-state index in [1.165, 1.54) is 54.9 Å². The van der Waals surface area contributed by atoms with E-state index >= 15 is 0 Å². The van der Waals surface area contributed by atoms with Crippen LogP contribution >= 0.6 is 10.6 Å². The van der Waals surface area contributed by atoms with Crippen LogP contribution in [0.4, 0.5) is 17.1 Å². The van der Waals surface area contributed by atoms with Gasteiger partial charge in [0.05, 0.1) is 30.2 Å². The highest BCUT2D eigenvalue weighted by Crippen LogP contribution is 2.61. The molecule has 0 saturated carbocycles. The normalized spacial score (nSPS) is 23.5. The first-order chi connectivity index (χ1) is 22.6. The van der Waals surface area contributed by atoms with Crippen LogP contribution in [0, 0.1) is 5.41 Å². The van der Waals surface area contributed by atoms with Crippen LogP contribution < -0.4 is 14.5 Å². The van der Waals surface area contributed by atoms with Gasteiger partial charge in [0.2, 0.25) is 0 Å². The van der Waals surface area contributed by atoms with Crippen LogP contribution in [-0.4, -0.2) is 84.1 Å². The van der Waals surface area contributed by atoms with Gasteiger partial charge in [0, 0.05) is 68.4 Å². The molecule has 7 nitrogen and oxygen atoms in total. The van der Waals surface area contributed by atoms with Crippen LogP contribution in [0.1, 0.15) is 63.5 Å². The molecule has 256 valence electrons. The van der Waals surface area contributed by atoms with Crippen molar-refractivity contribution in [2.24, 2.45) is 5.41 Å². The lowest BCUT2D eigenvalue weighted by atomic mass is 9.79. The number of unbranched alkanes of at least 4 members (excludes halogenated alkanes) is 2. The molecule has 47 heavy (non-hydrogen) atoms. The third-order valence-corrected chi connectivity index (χ3v) is 13.1. The van der Waals surface area contributed by atoms with Gasteiger partial charge >= 0.3 is 0 Å². The number of hydrogen-bond donors (Lipinski definition) is 2. The lowest BCUT2D eigenvalue weighted by Gasteiger charge is -2.50. The van der Waals surface area contributed by atoms with Crippen molar-refractivity contribution in [2.45, 2.75) is 70.4 Å². The molecule has 2 N–H and O–H groups in total. The van der Waals surface area contributed by atoms with Crippen molar-refractivity contribution in [3.8, 4) is 5.75 Å². The highest BCUT2D eigenvalue weighted by molar-refractivity contribution is 8.24. The van der Waals surface area contributed by atoms with E-state index in [0.717, 1.165) is 74.4 Å². The largest absolute Gasteiger partial charge is 0.489 e. The summed E-state index contributed by atoms with van der Waals surface area (Å²) in [6.07, 6.45) is 6.33. The molecular formula is C39H57N4O3S+. The fraction of sp³-hybridized carbons (Fsp3) is 0.538. The van der Waals surface area contributed by atoms with Gasteiger partial charge in [-0.2, -0.15) is 10.6 Å². The number of anilines is 3. The van der Waals surface area contributed by atoms with Crippen LogP contribution in [0.3, 0.4) is 0 Å². The van der Waals surface area contributed by atoms with E-state index in [0.29, 0.717) is 17.3 Å². The van der Waals surface area contributed by atoms with Gasteiger partial charge in [-0.15, -0.1) is 0 Å². The summed E-state index contributed by atoms with van der Waals surface area (Å²) in [6.45, 7) is 14.5. The second kappa shape index (κ2) is 14.4. The fourth-order valence-corrected chi connectivity index (χ4v) is 10.2. The molecule has 3 saturated heterocycles. The minimum atomic E-state index is -2.98. The zero-order valence-electron chi connectivity index (χ0n) is 29.2. The Balaban J connectivity index is 1.20. The number of nitrogens with zero attached hydrogens (tertiary/aromatic N) is 4. The summed E-state index contributed by atoms with van der Waals surface area (Å²) in [5.74, 6) is 1.26. The minimum Gasteiger partial charge on any atom is -0.489 e. The van der Waals surface area contributed by atoms with Crippen molar-refractivity contribution >= 4 is 27.7 Å². The molecule has 4 aliphatic heterocycles. The smallest absolute Gasteiger partial charge is 0.119 e. The van der Waals surface area contributed by atoms with Crippen molar-refractivity contribution in [1.82, 2.24) is 4.90 Å². The standard InChI is InChI=1S/C39H56N4O3S/c1-5-7-19-39(20-8-6-2)30-42(37-27-35(40(3)4)15-18-38(37)47(44,45)31-39)34-13-16-36(17-14-34)46-29-33-11-9-32(10-12-33)28-43-24-21-41(22-25-43)23-26-43/h9-18,27H,5-8,19-26,28-31H2,1-4H3,(H-,44,45)/p+1. The average Bonchev–Trinajstić information content (AvgIpc) is 3.18. The second-order valence-corrected chi connectivity index (χ2v) is 16.8. The van der Waals surface area contributed by atoms with Gasteiger partial charge in [-0.3, -0.25) is 14.0 Å². The summed E-state index contributed by atoms with van der Waals surface area (Å²) < 4.78 is 31.0. The average molecular weight is 662 g/mol. The van der Waals surface area contributed by atoms with Crippen molar-refractivity contribution in [3.63, 3.8) is 0 Å². The lowest BCUT2D eigenvalue weighted by molar-refractivity contribution is -0.953. The number of benzene rings is 3. The van der Waals surface area contributed by atoms with E-state index in [4.69, 9.17) is 4.74 Å². The van der Waals surface area contributed by atoms with Crippen molar-refractivity contribution in [2.75, 3.05) is 75.5 Å². The molecule has 0 radical (unpaired) electrons. The molecule has 3 aromatic carbocycles. The Morgan fingerprint density at radius 3 is 2.04 bits per heavy atom. The Morgan fingerprint density at radius 2 is 1.45 bits per heavy atom. The number of fused-ring (bicyclic) bond motifs is 4. The van der Waals surface area contributed by atoms with Crippen molar-refractivity contribution in [1.29, 1.82) is 0 Å². The molecule has 4 heterocycles. The maximum atomic E-state index is 11.8. The molecule has 0 unspecified atom stereocenters. The Morgan fingerprint density at radius 1 is 0.830 bits per heavy atom. The van der Waals surface area contributed by atoms with E-state index in [1.54, 1.807) is 0 Å². The van der Waals surface area contributed by atoms with Crippen molar-refractivity contribution < 1.29 is 18.3 Å². The molecule has 0 aromatic heterocycles. The van der Waals surface area contributed by atoms with Crippen molar-refractivity contribution in [3.05, 3.63) is 77.9 Å². The number of ether oxygens (including phenoxy) is 1. The van der Waals surface area contributed by atoms with Crippen LogP contribution in [0.2, 0.25) is 0 Å². The molecule has 0 spiro atoms. The Labute approximate surface area is 285 Å². The SMILES string of the molecule is CCCCC1(CCCC)CN(c2ccc(OCc3ccc(C[N+]45CCN(CC4)CC5)cc3)cc2)c2cc(N(C)C)ccc2S(O)(O)C1. The van der Waals surface area contributed by atoms with E-state index in [-0.39, 0.29) is 5.41 Å². The van der Waals surface area contributed by atoms with Crippen LogP contribution in [0.5, 0.6) is 5.75 Å². The van der Waals surface area contributed by atoms with Gasteiger partial charge in [-0.25, -0.2) is 0 Å². The molecule has 7 rings (SSSR count). The third-order valence-electron chi connectivity index (χ3n) is 11.0. The zero-order chi connectivity index (χ0) is 33.1. The van der Waals surface area contributed by atoms with E-state index in [1.807, 2.05) is 26.2 Å². The van der Waals surface area contributed by atoms with E-state index in [9.17, 15) is 9.11 Å². The quantitative estimate of drug-likeness (QED) is 0.179. The number of quaternary nitrogens is 1. The summed E-state index contributed by atoms with van der Waals surface area (Å²) in [5.41, 5.74) is 5.43. The van der Waals surface area contributed by atoms with Crippen LogP contribution in [-0.2, 0) is 13.2 Å². The van der Waals surface area contributed by atoms with Gasteiger partial charge in [0.15, 0.2) is 0 Å². The Hall–Kier alpha value is -2.75. The van der Waals surface area contributed by atoms with Crippen LogP contribution in [0.25, 0.3) is 0 Å². The lowest BCUT2D eigenvalue weighted by Crippen LogP contribution is -2.66. The number of piperazine rings is 3. The molecule has 0 amide bonds. The van der Waals surface area contributed by atoms with E-state index in [2.05, 4.69) is 83.1 Å². The van der Waals surface area contributed by atoms with E-state index < -0.39 is 10.6 Å². The molecular weight excluding hydrogens is 605 g/mol. The summed E-state index contributed by atoms with van der Waals surface area (Å²) >= 11 is 0. The van der Waals surface area contributed by atoms with Gasteiger partial charge < -0.3 is 19.0 Å². The van der Waals surface area contributed by atoms with Gasteiger partial charge in [-0.1, -0.05) is 63.8 Å². The molecule has 0 atom stereocenters. The number of rotatable bonds is 13. The summed E-state index contributed by atoms with van der Waals surface area (Å²) in [7, 11) is 1.09. The Kier molecular flexibility index (Phi) is 10.4. The highest BCUT2D eigenvalue weighted by atomic mass is 32.3. The summed E-state index contributed by atoms with van der Waals surface area (Å²) in [6, 6.07) is 23.5. The topological polar surface area (TPSA) is 59.4 Å². The second-order valence-electron chi connectivity index (χ2n) is 14.8. The van der Waals surface area contributed by atoms with Gasteiger partial charge in [-0.05, 0) is 60.9 Å². The predicted molar refractivity (Wildman–Crippen MR) is 197 cm³/mol.